The average Bonchev–Trinajstić information content (AvgIpc) is 2.61. The summed E-state index contributed by atoms with van der Waals surface area (Å²) in [4.78, 5) is 17.0. The molecule has 1 unspecified atom stereocenters. The molecule has 0 radical (unpaired) electrons. The Morgan fingerprint density at radius 2 is 1.86 bits per heavy atom. The molecule has 2 aliphatic rings. The summed E-state index contributed by atoms with van der Waals surface area (Å²) in [5.74, 6) is 0. The maximum atomic E-state index is 12.0. The molecule has 128 valence electrons. The highest BCUT2D eigenvalue weighted by atomic mass is 16.6. The van der Waals surface area contributed by atoms with E-state index in [1.807, 2.05) is 20.8 Å². The molecule has 1 N–H and O–H groups in total. The fraction of sp³-hybridized carbons (Fsp3) is 0.941. The third kappa shape index (κ3) is 5.76. The van der Waals surface area contributed by atoms with Gasteiger partial charge in [-0.2, -0.15) is 0 Å². The van der Waals surface area contributed by atoms with E-state index in [-0.39, 0.29) is 12.1 Å². The Morgan fingerprint density at radius 1 is 1.09 bits per heavy atom. The number of carbonyl (C=O) groups is 1. The van der Waals surface area contributed by atoms with Crippen LogP contribution in [0.5, 0.6) is 0 Å². The Kier molecular flexibility index (Phi) is 6.09. The van der Waals surface area contributed by atoms with E-state index in [1.54, 1.807) is 0 Å². The van der Waals surface area contributed by atoms with Crippen LogP contribution in [0.3, 0.4) is 0 Å². The monoisotopic (exact) mass is 311 g/mol. The SMILES string of the molecule is CN1CCCN([C@@H]2CCCC(NC(=O)OC(C)(C)C)C2)CC1. The van der Waals surface area contributed by atoms with E-state index in [0.29, 0.717) is 6.04 Å². The predicted molar refractivity (Wildman–Crippen MR) is 89.1 cm³/mol. The molecule has 5 nitrogen and oxygen atoms in total. The fourth-order valence-corrected chi connectivity index (χ4v) is 3.53. The Morgan fingerprint density at radius 3 is 2.59 bits per heavy atom. The van der Waals surface area contributed by atoms with Crippen molar-refractivity contribution in [3.05, 3.63) is 0 Å². The van der Waals surface area contributed by atoms with Crippen LogP contribution in [0.2, 0.25) is 0 Å². The second kappa shape index (κ2) is 7.64. The molecule has 2 rings (SSSR count). The summed E-state index contributed by atoms with van der Waals surface area (Å²) in [6.45, 7) is 10.4. The second-order valence-corrected chi connectivity index (χ2v) is 7.86. The topological polar surface area (TPSA) is 44.8 Å². The van der Waals surface area contributed by atoms with Crippen LogP contribution in [0, 0.1) is 0 Å². The summed E-state index contributed by atoms with van der Waals surface area (Å²) in [5, 5.41) is 3.07. The van der Waals surface area contributed by atoms with E-state index in [4.69, 9.17) is 4.74 Å². The molecule has 5 heteroatoms. The minimum atomic E-state index is -0.423. The zero-order valence-corrected chi connectivity index (χ0v) is 14.7. The number of alkyl carbamates (subject to hydrolysis) is 1. The largest absolute Gasteiger partial charge is 0.444 e. The summed E-state index contributed by atoms with van der Waals surface area (Å²) in [7, 11) is 2.21. The second-order valence-electron chi connectivity index (χ2n) is 7.86. The van der Waals surface area contributed by atoms with Crippen LogP contribution in [-0.2, 0) is 4.74 Å². The molecule has 0 bridgehead atoms. The van der Waals surface area contributed by atoms with Gasteiger partial charge in [0.05, 0.1) is 0 Å². The van der Waals surface area contributed by atoms with Crippen LogP contribution in [0.4, 0.5) is 4.79 Å². The zero-order chi connectivity index (χ0) is 16.2. The lowest BCUT2D eigenvalue weighted by Crippen LogP contribution is -2.47. The predicted octanol–water partition coefficient (Wildman–Crippen LogP) is 2.46. The minimum absolute atomic E-state index is 0.259. The van der Waals surface area contributed by atoms with Gasteiger partial charge in [-0.15, -0.1) is 0 Å². The molecular weight excluding hydrogens is 278 g/mol. The maximum Gasteiger partial charge on any atom is 0.407 e. The van der Waals surface area contributed by atoms with Crippen LogP contribution >= 0.6 is 0 Å². The molecule has 2 fully saturated rings. The Hall–Kier alpha value is -0.810. The van der Waals surface area contributed by atoms with E-state index >= 15 is 0 Å². The van der Waals surface area contributed by atoms with Gasteiger partial charge in [-0.05, 0) is 73.0 Å². The van der Waals surface area contributed by atoms with Crippen LogP contribution < -0.4 is 5.32 Å². The number of amides is 1. The molecule has 1 aliphatic carbocycles. The van der Waals surface area contributed by atoms with Gasteiger partial charge in [0.2, 0.25) is 0 Å². The number of hydrogen-bond acceptors (Lipinski definition) is 4. The highest BCUT2D eigenvalue weighted by molar-refractivity contribution is 5.68. The first-order valence-corrected chi connectivity index (χ1v) is 8.75. The van der Waals surface area contributed by atoms with Crippen LogP contribution in [0.15, 0.2) is 0 Å². The van der Waals surface area contributed by atoms with Crippen molar-refractivity contribution in [2.24, 2.45) is 0 Å². The Balaban J connectivity index is 1.82. The first kappa shape index (κ1) is 17.5. The van der Waals surface area contributed by atoms with Crippen molar-refractivity contribution >= 4 is 6.09 Å². The molecule has 1 aliphatic heterocycles. The summed E-state index contributed by atoms with van der Waals surface area (Å²) in [5.41, 5.74) is -0.423. The number of carbonyl (C=O) groups excluding carboxylic acids is 1. The molecule has 2 atom stereocenters. The summed E-state index contributed by atoms with van der Waals surface area (Å²) < 4.78 is 5.38. The third-order valence-corrected chi connectivity index (χ3v) is 4.64. The van der Waals surface area contributed by atoms with Crippen LogP contribution in [0.1, 0.15) is 52.9 Å². The van der Waals surface area contributed by atoms with Gasteiger partial charge in [0.15, 0.2) is 0 Å². The Labute approximate surface area is 135 Å². The standard InChI is InChI=1S/C17H33N3O2/c1-17(2,3)22-16(21)18-14-7-5-8-15(13-14)20-10-6-9-19(4)11-12-20/h14-15H,5-13H2,1-4H3,(H,18,21)/t14?,15-/m1/s1. The molecule has 22 heavy (non-hydrogen) atoms. The summed E-state index contributed by atoms with van der Waals surface area (Å²) in [6, 6.07) is 0.870. The smallest absolute Gasteiger partial charge is 0.407 e. The van der Waals surface area contributed by atoms with Crippen molar-refractivity contribution in [2.75, 3.05) is 33.2 Å². The van der Waals surface area contributed by atoms with Gasteiger partial charge in [-0.3, -0.25) is 4.90 Å². The molecule has 0 aromatic heterocycles. The molecule has 0 spiro atoms. The van der Waals surface area contributed by atoms with E-state index in [0.717, 1.165) is 25.9 Å². The molecule has 1 saturated heterocycles. The van der Waals surface area contributed by atoms with Crippen molar-refractivity contribution < 1.29 is 9.53 Å². The number of rotatable bonds is 2. The summed E-state index contributed by atoms with van der Waals surface area (Å²) in [6.07, 6.45) is 5.56. The van der Waals surface area contributed by atoms with Crippen molar-refractivity contribution in [3.63, 3.8) is 0 Å². The Bertz CT molecular complexity index is 367. The lowest BCUT2D eigenvalue weighted by Gasteiger charge is -2.37. The maximum absolute atomic E-state index is 12.0. The minimum Gasteiger partial charge on any atom is -0.444 e. The fourth-order valence-electron chi connectivity index (χ4n) is 3.53. The van der Waals surface area contributed by atoms with Crippen LogP contribution in [-0.4, -0.2) is 66.8 Å². The van der Waals surface area contributed by atoms with E-state index < -0.39 is 5.60 Å². The molecular formula is C17H33N3O2. The first-order chi connectivity index (χ1) is 10.3. The van der Waals surface area contributed by atoms with Crippen molar-refractivity contribution in [1.29, 1.82) is 0 Å². The number of hydrogen-bond donors (Lipinski definition) is 1. The van der Waals surface area contributed by atoms with Crippen molar-refractivity contribution in [1.82, 2.24) is 15.1 Å². The number of nitrogens with zero attached hydrogens (tertiary/aromatic N) is 2. The lowest BCUT2D eigenvalue weighted by molar-refractivity contribution is 0.0470. The normalized spacial score (nSPS) is 28.9. The van der Waals surface area contributed by atoms with Gasteiger partial charge in [0.1, 0.15) is 5.60 Å². The first-order valence-electron chi connectivity index (χ1n) is 8.75. The van der Waals surface area contributed by atoms with E-state index in [9.17, 15) is 4.79 Å². The molecule has 0 aromatic rings. The van der Waals surface area contributed by atoms with Gasteiger partial charge >= 0.3 is 6.09 Å². The molecule has 0 aromatic carbocycles. The van der Waals surface area contributed by atoms with E-state index in [1.165, 1.54) is 32.4 Å². The van der Waals surface area contributed by atoms with Crippen molar-refractivity contribution in [3.8, 4) is 0 Å². The van der Waals surface area contributed by atoms with Gasteiger partial charge in [-0.1, -0.05) is 0 Å². The number of likely N-dealkylation sites (N-methyl/N-ethyl adjacent to an activating group) is 1. The quantitative estimate of drug-likeness (QED) is 0.851. The van der Waals surface area contributed by atoms with Gasteiger partial charge < -0.3 is 15.0 Å². The molecule has 1 amide bonds. The third-order valence-electron chi connectivity index (χ3n) is 4.64. The summed E-state index contributed by atoms with van der Waals surface area (Å²) >= 11 is 0. The number of ether oxygens (including phenoxy) is 1. The van der Waals surface area contributed by atoms with E-state index in [2.05, 4.69) is 22.2 Å². The van der Waals surface area contributed by atoms with Crippen LogP contribution in [0.25, 0.3) is 0 Å². The number of nitrogens with one attached hydrogen (secondary N) is 1. The lowest BCUT2D eigenvalue weighted by atomic mass is 9.90. The van der Waals surface area contributed by atoms with Gasteiger partial charge in [0.25, 0.3) is 0 Å². The highest BCUT2D eigenvalue weighted by Gasteiger charge is 2.29. The van der Waals surface area contributed by atoms with Gasteiger partial charge in [0, 0.05) is 25.2 Å². The zero-order valence-electron chi connectivity index (χ0n) is 14.7. The van der Waals surface area contributed by atoms with Crippen molar-refractivity contribution in [2.45, 2.75) is 70.6 Å². The van der Waals surface area contributed by atoms with Gasteiger partial charge in [-0.25, -0.2) is 4.79 Å². The molecule has 1 saturated carbocycles. The highest BCUT2D eigenvalue weighted by Crippen LogP contribution is 2.24. The molecule has 1 heterocycles. The average molecular weight is 311 g/mol.